The van der Waals surface area contributed by atoms with Crippen LogP contribution >= 0.6 is 0 Å². The lowest BCUT2D eigenvalue weighted by Gasteiger charge is -2.23. The van der Waals surface area contributed by atoms with Crippen LogP contribution in [0.25, 0.3) is 0 Å². The summed E-state index contributed by atoms with van der Waals surface area (Å²) in [6.45, 7) is 0.332. The third-order valence-electron chi connectivity index (χ3n) is 7.01. The van der Waals surface area contributed by atoms with Gasteiger partial charge in [-0.25, -0.2) is 4.79 Å². The number of carbonyl (C=O) groups excluding carboxylic acids is 3. The Kier molecular flexibility index (Phi) is 8.32. The Bertz CT molecular complexity index is 1740. The van der Waals surface area contributed by atoms with E-state index in [0.29, 0.717) is 46.2 Å². The van der Waals surface area contributed by atoms with Crippen LogP contribution in [0.3, 0.4) is 0 Å². The van der Waals surface area contributed by atoms with Gasteiger partial charge >= 0.3 is 6.09 Å². The summed E-state index contributed by atoms with van der Waals surface area (Å²) in [5.74, 6) is 1.21. The maximum Gasteiger partial charge on any atom is 0.411 e. The number of benzene rings is 5. The van der Waals surface area contributed by atoms with E-state index in [1.807, 2.05) is 54.6 Å². The van der Waals surface area contributed by atoms with Crippen molar-refractivity contribution in [3.63, 3.8) is 0 Å². The van der Waals surface area contributed by atoms with Gasteiger partial charge in [-0.15, -0.1) is 0 Å². The first-order chi connectivity index (χ1) is 21.5. The Labute approximate surface area is 254 Å². The van der Waals surface area contributed by atoms with E-state index in [2.05, 4.69) is 5.32 Å². The van der Waals surface area contributed by atoms with Gasteiger partial charge in [-0.05, 0) is 66.1 Å². The zero-order valence-electron chi connectivity index (χ0n) is 23.6. The molecule has 6 rings (SSSR count). The van der Waals surface area contributed by atoms with E-state index in [9.17, 15) is 14.4 Å². The van der Waals surface area contributed by atoms with Crippen LogP contribution in [0, 0.1) is 0 Å². The number of amides is 3. The number of ether oxygens (including phenoxy) is 3. The lowest BCUT2D eigenvalue weighted by molar-refractivity contribution is 0.0618. The highest BCUT2D eigenvalue weighted by atomic mass is 16.6. The molecule has 8 nitrogen and oxygen atoms in total. The molecule has 8 heteroatoms. The van der Waals surface area contributed by atoms with Gasteiger partial charge in [0.25, 0.3) is 11.8 Å². The van der Waals surface area contributed by atoms with E-state index in [-0.39, 0.29) is 25.0 Å². The standard InChI is InChI=1S/C36H28N2O6/c39-34(27-12-6-2-7-13-27)38(35(40)28-14-8-3-9-15-28)21-20-25-16-18-30-32(22-25)43-31-19-17-29(23-33(31)44-30)37-36(41)42-24-26-10-4-1-5-11-26/h1-19,22-23H,20-21,24H2,(H,37,41). The van der Waals surface area contributed by atoms with Crippen molar-refractivity contribution in [2.24, 2.45) is 0 Å². The normalized spacial score (nSPS) is 11.2. The number of hydrogen-bond acceptors (Lipinski definition) is 6. The molecule has 1 aliphatic rings. The SMILES string of the molecule is O=C(Nc1ccc2c(c1)Oc1ccc(CCN(C(=O)c3ccccc3)C(=O)c3ccccc3)cc1O2)OCc1ccccc1. The van der Waals surface area contributed by atoms with Crippen LogP contribution in [0.5, 0.6) is 23.0 Å². The van der Waals surface area contributed by atoms with Crippen LogP contribution in [0.15, 0.2) is 127 Å². The highest BCUT2D eigenvalue weighted by Crippen LogP contribution is 2.46. The number of imide groups is 1. The van der Waals surface area contributed by atoms with Crippen molar-refractivity contribution >= 4 is 23.6 Å². The minimum absolute atomic E-state index is 0.158. The average Bonchev–Trinajstić information content (AvgIpc) is 3.07. The first-order valence-electron chi connectivity index (χ1n) is 14.1. The van der Waals surface area contributed by atoms with Gasteiger partial charge in [0.05, 0.1) is 0 Å². The molecule has 5 aromatic carbocycles. The third-order valence-corrected chi connectivity index (χ3v) is 7.01. The van der Waals surface area contributed by atoms with E-state index in [1.165, 1.54) is 4.90 Å². The predicted molar refractivity (Wildman–Crippen MR) is 165 cm³/mol. The molecular formula is C36H28N2O6. The summed E-state index contributed by atoms with van der Waals surface area (Å²) in [5.41, 5.74) is 3.13. The zero-order chi connectivity index (χ0) is 30.3. The number of anilines is 1. The zero-order valence-corrected chi connectivity index (χ0v) is 23.6. The van der Waals surface area contributed by atoms with Gasteiger partial charge in [0, 0.05) is 29.4 Å². The topological polar surface area (TPSA) is 94.2 Å². The number of rotatable bonds is 8. The van der Waals surface area contributed by atoms with Gasteiger partial charge in [-0.2, -0.15) is 0 Å². The summed E-state index contributed by atoms with van der Waals surface area (Å²) in [4.78, 5) is 40.3. The molecule has 0 saturated carbocycles. The van der Waals surface area contributed by atoms with Gasteiger partial charge in [0.2, 0.25) is 0 Å². The second kappa shape index (κ2) is 13.0. The summed E-state index contributed by atoms with van der Waals surface area (Å²) in [5, 5.41) is 2.71. The van der Waals surface area contributed by atoms with Crippen molar-refractivity contribution in [1.82, 2.24) is 4.90 Å². The van der Waals surface area contributed by atoms with E-state index < -0.39 is 6.09 Å². The summed E-state index contributed by atoms with van der Waals surface area (Å²) in [6, 6.07) is 37.5. The van der Waals surface area contributed by atoms with Crippen molar-refractivity contribution in [2.45, 2.75) is 13.0 Å². The molecule has 44 heavy (non-hydrogen) atoms. The molecule has 218 valence electrons. The molecule has 0 spiro atoms. The van der Waals surface area contributed by atoms with E-state index in [1.54, 1.807) is 72.8 Å². The van der Waals surface area contributed by atoms with Gasteiger partial charge in [-0.3, -0.25) is 19.8 Å². The molecule has 1 aliphatic heterocycles. The minimum Gasteiger partial charge on any atom is -0.450 e. The van der Waals surface area contributed by atoms with E-state index >= 15 is 0 Å². The van der Waals surface area contributed by atoms with Crippen molar-refractivity contribution in [3.8, 4) is 23.0 Å². The van der Waals surface area contributed by atoms with Crippen LogP contribution in [0.2, 0.25) is 0 Å². The lowest BCUT2D eigenvalue weighted by Crippen LogP contribution is -2.38. The van der Waals surface area contributed by atoms with Crippen molar-refractivity contribution < 1.29 is 28.6 Å². The van der Waals surface area contributed by atoms with Crippen LogP contribution in [-0.2, 0) is 17.8 Å². The number of nitrogens with zero attached hydrogens (tertiary/aromatic N) is 1. The van der Waals surface area contributed by atoms with Crippen LogP contribution in [-0.4, -0.2) is 29.4 Å². The van der Waals surface area contributed by atoms with Crippen molar-refractivity contribution in [2.75, 3.05) is 11.9 Å². The summed E-state index contributed by atoms with van der Waals surface area (Å²) in [6.07, 6.45) is -0.171. The highest BCUT2D eigenvalue weighted by Gasteiger charge is 2.25. The quantitative estimate of drug-likeness (QED) is 0.183. The molecule has 0 atom stereocenters. The third kappa shape index (κ3) is 6.60. The van der Waals surface area contributed by atoms with Gasteiger partial charge in [0.15, 0.2) is 23.0 Å². The molecule has 0 aliphatic carbocycles. The number of fused-ring (bicyclic) bond motifs is 2. The summed E-state index contributed by atoms with van der Waals surface area (Å²) < 4.78 is 17.5. The second-order valence-corrected chi connectivity index (χ2v) is 10.1. The maximum absolute atomic E-state index is 13.4. The first kappa shape index (κ1) is 28.2. The number of carbonyl (C=O) groups is 3. The molecule has 5 aromatic rings. The monoisotopic (exact) mass is 584 g/mol. The molecule has 0 bridgehead atoms. The smallest absolute Gasteiger partial charge is 0.411 e. The Morgan fingerprint density at radius 1 is 0.591 bits per heavy atom. The second-order valence-electron chi connectivity index (χ2n) is 10.1. The molecule has 0 fully saturated rings. The number of nitrogens with one attached hydrogen (secondary N) is 1. The fourth-order valence-electron chi connectivity index (χ4n) is 4.75. The molecule has 0 aromatic heterocycles. The van der Waals surface area contributed by atoms with E-state index in [4.69, 9.17) is 14.2 Å². The maximum atomic E-state index is 13.4. The van der Waals surface area contributed by atoms with Gasteiger partial charge < -0.3 is 14.2 Å². The van der Waals surface area contributed by atoms with Gasteiger partial charge in [0.1, 0.15) is 6.61 Å². The van der Waals surface area contributed by atoms with Crippen LogP contribution in [0.1, 0.15) is 31.8 Å². The Morgan fingerprint density at radius 3 is 1.75 bits per heavy atom. The molecule has 1 heterocycles. The van der Waals surface area contributed by atoms with Gasteiger partial charge in [-0.1, -0.05) is 72.8 Å². The van der Waals surface area contributed by atoms with Crippen molar-refractivity contribution in [1.29, 1.82) is 0 Å². The number of hydrogen-bond donors (Lipinski definition) is 1. The predicted octanol–water partition coefficient (Wildman–Crippen LogP) is 7.86. The van der Waals surface area contributed by atoms with E-state index in [0.717, 1.165) is 11.1 Å². The molecule has 3 amide bonds. The van der Waals surface area contributed by atoms with Crippen LogP contribution < -0.4 is 14.8 Å². The fourth-order valence-corrected chi connectivity index (χ4v) is 4.75. The highest BCUT2D eigenvalue weighted by molar-refractivity contribution is 6.10. The summed E-state index contributed by atoms with van der Waals surface area (Å²) in [7, 11) is 0. The Balaban J connectivity index is 1.12. The largest absolute Gasteiger partial charge is 0.450 e. The average molecular weight is 585 g/mol. The molecule has 1 N–H and O–H groups in total. The van der Waals surface area contributed by atoms with Crippen LogP contribution in [0.4, 0.5) is 10.5 Å². The fraction of sp³-hybridized carbons (Fsp3) is 0.0833. The minimum atomic E-state index is -0.582. The Hall–Kier alpha value is -5.89. The molecular weight excluding hydrogens is 556 g/mol. The molecule has 0 unspecified atom stereocenters. The Morgan fingerprint density at radius 2 is 1.14 bits per heavy atom. The van der Waals surface area contributed by atoms with Crippen molar-refractivity contribution in [3.05, 3.63) is 150 Å². The molecule has 0 saturated heterocycles. The molecule has 0 radical (unpaired) electrons. The summed E-state index contributed by atoms with van der Waals surface area (Å²) >= 11 is 0. The first-order valence-corrected chi connectivity index (χ1v) is 14.1. The lowest BCUT2D eigenvalue weighted by atomic mass is 10.1.